The van der Waals surface area contributed by atoms with Gasteiger partial charge in [-0.2, -0.15) is 0 Å². The van der Waals surface area contributed by atoms with Crippen molar-refractivity contribution in [1.82, 2.24) is 4.72 Å². The van der Waals surface area contributed by atoms with Gasteiger partial charge in [0.2, 0.25) is 15.9 Å². The summed E-state index contributed by atoms with van der Waals surface area (Å²) in [4.78, 5) is 11.8. The maximum absolute atomic E-state index is 12.3. The molecular weight excluding hydrogens is 304 g/mol. The van der Waals surface area contributed by atoms with E-state index >= 15 is 0 Å². The van der Waals surface area contributed by atoms with Crippen molar-refractivity contribution in [3.63, 3.8) is 0 Å². The van der Waals surface area contributed by atoms with Gasteiger partial charge >= 0.3 is 0 Å². The summed E-state index contributed by atoms with van der Waals surface area (Å²) in [5, 5.41) is 2.73. The molecule has 2 N–H and O–H groups in total. The standard InChI is InChI=1S/C15H22N2O4S/c1-10(2)21-8-4-7-16-22(19,20)12-5-6-14-13(9-12)11(3)15(18)17-14/h5-6,9-11,16H,4,7-8H2,1-3H3,(H,17,18)/t11-/m1/s1. The summed E-state index contributed by atoms with van der Waals surface area (Å²) in [6.07, 6.45) is 0.749. The average molecular weight is 326 g/mol. The lowest BCUT2D eigenvalue weighted by Gasteiger charge is -2.10. The first-order chi connectivity index (χ1) is 10.3. The minimum Gasteiger partial charge on any atom is -0.379 e. The second-order valence-corrected chi connectivity index (χ2v) is 7.40. The third kappa shape index (κ3) is 3.85. The van der Waals surface area contributed by atoms with Gasteiger partial charge in [-0.25, -0.2) is 13.1 Å². The van der Waals surface area contributed by atoms with Crippen LogP contribution in [0.1, 0.15) is 38.7 Å². The molecule has 0 aliphatic carbocycles. The van der Waals surface area contributed by atoms with Crippen LogP contribution in [-0.2, 0) is 19.6 Å². The molecule has 2 rings (SSSR count). The van der Waals surface area contributed by atoms with E-state index < -0.39 is 10.0 Å². The number of nitrogens with one attached hydrogen (secondary N) is 2. The van der Waals surface area contributed by atoms with Gasteiger partial charge in [-0.3, -0.25) is 4.79 Å². The van der Waals surface area contributed by atoms with Gasteiger partial charge in [0, 0.05) is 18.8 Å². The zero-order chi connectivity index (χ0) is 16.3. The highest BCUT2D eigenvalue weighted by Gasteiger charge is 2.28. The molecule has 6 nitrogen and oxygen atoms in total. The average Bonchev–Trinajstić information content (AvgIpc) is 2.73. The van der Waals surface area contributed by atoms with Crippen LogP contribution in [0.5, 0.6) is 0 Å². The smallest absolute Gasteiger partial charge is 0.240 e. The Hall–Kier alpha value is -1.44. The molecule has 1 atom stereocenters. The first-order valence-corrected chi connectivity index (χ1v) is 8.85. The van der Waals surface area contributed by atoms with Crippen molar-refractivity contribution in [2.45, 2.75) is 44.1 Å². The SMILES string of the molecule is CC(C)OCCCNS(=O)(=O)c1ccc2c(c1)[C@@H](C)C(=O)N2. The van der Waals surface area contributed by atoms with Crippen molar-refractivity contribution >= 4 is 21.6 Å². The van der Waals surface area contributed by atoms with Gasteiger partial charge in [0.05, 0.1) is 16.9 Å². The largest absolute Gasteiger partial charge is 0.379 e. The number of rotatable bonds is 7. The number of hydrogen-bond acceptors (Lipinski definition) is 4. The lowest BCUT2D eigenvalue weighted by Crippen LogP contribution is -2.26. The van der Waals surface area contributed by atoms with Crippen LogP contribution in [0.15, 0.2) is 23.1 Å². The zero-order valence-electron chi connectivity index (χ0n) is 13.0. The predicted molar refractivity (Wildman–Crippen MR) is 84.4 cm³/mol. The van der Waals surface area contributed by atoms with Crippen molar-refractivity contribution in [2.24, 2.45) is 0 Å². The van der Waals surface area contributed by atoms with E-state index in [1.54, 1.807) is 19.1 Å². The highest BCUT2D eigenvalue weighted by atomic mass is 32.2. The summed E-state index contributed by atoms with van der Waals surface area (Å²) < 4.78 is 32.4. The summed E-state index contributed by atoms with van der Waals surface area (Å²) >= 11 is 0. The summed E-state index contributed by atoms with van der Waals surface area (Å²) in [5.74, 6) is -0.437. The number of benzene rings is 1. The fourth-order valence-corrected chi connectivity index (χ4v) is 3.35. The number of sulfonamides is 1. The van der Waals surface area contributed by atoms with Crippen LogP contribution in [0.3, 0.4) is 0 Å². The fraction of sp³-hybridized carbons (Fsp3) is 0.533. The maximum atomic E-state index is 12.3. The molecule has 1 aliphatic rings. The van der Waals surface area contributed by atoms with E-state index in [-0.39, 0.29) is 22.8 Å². The topological polar surface area (TPSA) is 84.5 Å². The molecule has 1 aromatic carbocycles. The number of ether oxygens (including phenoxy) is 1. The van der Waals surface area contributed by atoms with Gasteiger partial charge < -0.3 is 10.1 Å². The second kappa shape index (κ2) is 6.76. The van der Waals surface area contributed by atoms with Crippen LogP contribution in [0.25, 0.3) is 0 Å². The highest BCUT2D eigenvalue weighted by molar-refractivity contribution is 7.89. The summed E-state index contributed by atoms with van der Waals surface area (Å²) in [7, 11) is -3.57. The normalized spacial score (nSPS) is 17.6. The van der Waals surface area contributed by atoms with Crippen LogP contribution in [0, 0.1) is 0 Å². The van der Waals surface area contributed by atoms with Crippen molar-refractivity contribution in [2.75, 3.05) is 18.5 Å². The van der Waals surface area contributed by atoms with E-state index in [2.05, 4.69) is 10.0 Å². The molecule has 1 aliphatic heterocycles. The Bertz CT molecular complexity index is 656. The monoisotopic (exact) mass is 326 g/mol. The Balaban J connectivity index is 2.00. The third-order valence-corrected chi connectivity index (χ3v) is 4.97. The van der Waals surface area contributed by atoms with Gasteiger partial charge in [0.25, 0.3) is 0 Å². The van der Waals surface area contributed by atoms with Crippen LogP contribution < -0.4 is 10.0 Å². The molecular formula is C15H22N2O4S. The fourth-order valence-electron chi connectivity index (χ4n) is 2.24. The highest BCUT2D eigenvalue weighted by Crippen LogP contribution is 2.33. The van der Waals surface area contributed by atoms with Crippen molar-refractivity contribution in [1.29, 1.82) is 0 Å². The molecule has 0 aromatic heterocycles. The van der Waals surface area contributed by atoms with E-state index in [0.717, 1.165) is 5.56 Å². The first kappa shape index (κ1) is 16.9. The number of amides is 1. The Labute approximate surface area is 131 Å². The molecule has 0 radical (unpaired) electrons. The van der Waals surface area contributed by atoms with E-state index in [1.165, 1.54) is 6.07 Å². The van der Waals surface area contributed by atoms with Gasteiger partial charge in [-0.1, -0.05) is 0 Å². The molecule has 122 valence electrons. The van der Waals surface area contributed by atoms with Gasteiger partial charge in [0.1, 0.15) is 0 Å². The molecule has 1 heterocycles. The minimum absolute atomic E-state index is 0.108. The Morgan fingerprint density at radius 3 is 2.77 bits per heavy atom. The number of carbonyl (C=O) groups is 1. The van der Waals surface area contributed by atoms with E-state index in [0.29, 0.717) is 25.3 Å². The lowest BCUT2D eigenvalue weighted by atomic mass is 10.0. The van der Waals surface area contributed by atoms with Gasteiger partial charge in [0.15, 0.2) is 0 Å². The molecule has 0 spiro atoms. The van der Waals surface area contributed by atoms with Gasteiger partial charge in [-0.15, -0.1) is 0 Å². The van der Waals surface area contributed by atoms with Gasteiger partial charge in [-0.05, 0) is 51.0 Å². The number of fused-ring (bicyclic) bond motifs is 1. The van der Waals surface area contributed by atoms with Crippen molar-refractivity contribution in [3.05, 3.63) is 23.8 Å². The summed E-state index contributed by atoms with van der Waals surface area (Å²) in [6, 6.07) is 4.70. The molecule has 0 fully saturated rings. The summed E-state index contributed by atoms with van der Waals surface area (Å²) in [6.45, 7) is 6.46. The van der Waals surface area contributed by atoms with Crippen molar-refractivity contribution < 1.29 is 17.9 Å². The number of carbonyl (C=O) groups excluding carboxylic acids is 1. The molecule has 1 amide bonds. The quantitative estimate of drug-likeness (QED) is 0.749. The first-order valence-electron chi connectivity index (χ1n) is 7.37. The number of anilines is 1. The summed E-state index contributed by atoms with van der Waals surface area (Å²) in [5.41, 5.74) is 1.40. The van der Waals surface area contributed by atoms with E-state index in [4.69, 9.17) is 4.74 Å². The van der Waals surface area contributed by atoms with Crippen LogP contribution in [-0.4, -0.2) is 33.6 Å². The Morgan fingerprint density at radius 2 is 2.09 bits per heavy atom. The third-order valence-electron chi connectivity index (χ3n) is 3.52. The van der Waals surface area contributed by atoms with E-state index in [1.807, 2.05) is 13.8 Å². The Kier molecular flexibility index (Phi) is 5.20. The maximum Gasteiger partial charge on any atom is 0.240 e. The predicted octanol–water partition coefficient (Wildman–Crippen LogP) is 1.84. The Morgan fingerprint density at radius 1 is 1.36 bits per heavy atom. The molecule has 22 heavy (non-hydrogen) atoms. The molecule has 0 saturated carbocycles. The molecule has 7 heteroatoms. The second-order valence-electron chi connectivity index (χ2n) is 5.63. The minimum atomic E-state index is -3.57. The molecule has 0 unspecified atom stereocenters. The van der Waals surface area contributed by atoms with E-state index in [9.17, 15) is 13.2 Å². The zero-order valence-corrected chi connectivity index (χ0v) is 13.9. The van der Waals surface area contributed by atoms with Crippen LogP contribution in [0.2, 0.25) is 0 Å². The number of hydrogen-bond donors (Lipinski definition) is 2. The van der Waals surface area contributed by atoms with Crippen LogP contribution in [0.4, 0.5) is 5.69 Å². The van der Waals surface area contributed by atoms with Crippen LogP contribution >= 0.6 is 0 Å². The molecule has 1 aromatic rings. The van der Waals surface area contributed by atoms with Crippen molar-refractivity contribution in [3.8, 4) is 0 Å². The molecule has 0 bridgehead atoms. The molecule has 0 saturated heterocycles. The lowest BCUT2D eigenvalue weighted by molar-refractivity contribution is -0.116.